The van der Waals surface area contributed by atoms with Gasteiger partial charge in [-0.05, 0) is 91.9 Å². The summed E-state index contributed by atoms with van der Waals surface area (Å²) in [4.78, 5) is 2.39. The van der Waals surface area contributed by atoms with Gasteiger partial charge in [0.15, 0.2) is 8.07 Å². The predicted octanol–water partition coefficient (Wildman–Crippen LogP) is 13.2. The molecular weight excluding hydrogens is 771 g/mol. The highest BCUT2D eigenvalue weighted by Crippen LogP contribution is 2.44. The summed E-state index contributed by atoms with van der Waals surface area (Å²) in [5.41, 5.74) is 8.95. The molecule has 292 valence electrons. The van der Waals surface area contributed by atoms with Gasteiger partial charge in [0.05, 0.1) is 5.69 Å². The molecule has 2 aromatic heterocycles. The zero-order valence-electron chi connectivity index (χ0n) is 33.8. The Morgan fingerprint density at radius 2 is 0.726 bits per heavy atom. The summed E-state index contributed by atoms with van der Waals surface area (Å²) in [6, 6.07) is 85.7. The van der Waals surface area contributed by atoms with Gasteiger partial charge in [-0.15, -0.1) is 0 Å². The van der Waals surface area contributed by atoms with Crippen molar-refractivity contribution in [2.24, 2.45) is 0 Å². The van der Waals surface area contributed by atoms with Gasteiger partial charge in [0, 0.05) is 44.4 Å². The first kappa shape index (κ1) is 36.0. The van der Waals surface area contributed by atoms with Crippen LogP contribution in [0.3, 0.4) is 0 Å². The minimum absolute atomic E-state index is 0.856. The molecule has 0 aliphatic carbocycles. The van der Waals surface area contributed by atoms with E-state index in [4.69, 9.17) is 8.83 Å². The molecule has 2 heterocycles. The van der Waals surface area contributed by atoms with Crippen molar-refractivity contribution < 1.29 is 8.83 Å². The van der Waals surface area contributed by atoms with Crippen LogP contribution in [0.2, 0.25) is 0 Å². The van der Waals surface area contributed by atoms with Gasteiger partial charge in [-0.25, -0.2) is 0 Å². The van der Waals surface area contributed by atoms with Crippen LogP contribution < -0.4 is 25.6 Å². The van der Waals surface area contributed by atoms with Crippen molar-refractivity contribution in [2.45, 2.75) is 0 Å². The Balaban J connectivity index is 1.06. The minimum atomic E-state index is -2.73. The smallest absolute Gasteiger partial charge is 0.179 e. The van der Waals surface area contributed by atoms with Gasteiger partial charge in [-0.1, -0.05) is 176 Å². The van der Waals surface area contributed by atoms with Crippen molar-refractivity contribution >= 4 is 101 Å². The Morgan fingerprint density at radius 1 is 0.290 bits per heavy atom. The normalized spacial score (nSPS) is 11.9. The van der Waals surface area contributed by atoms with E-state index in [1.165, 1.54) is 20.7 Å². The highest BCUT2D eigenvalue weighted by atomic mass is 28.3. The number of nitrogens with zero attached hydrogens (tertiary/aromatic N) is 1. The van der Waals surface area contributed by atoms with Crippen molar-refractivity contribution in [2.75, 3.05) is 4.90 Å². The summed E-state index contributed by atoms with van der Waals surface area (Å²) in [6.45, 7) is 0. The first-order valence-electron chi connectivity index (χ1n) is 21.2. The van der Waals surface area contributed by atoms with Crippen molar-refractivity contribution in [3.63, 3.8) is 0 Å². The van der Waals surface area contributed by atoms with Gasteiger partial charge in [-0.2, -0.15) is 0 Å². The van der Waals surface area contributed by atoms with E-state index in [0.717, 1.165) is 82.8 Å². The van der Waals surface area contributed by atoms with Gasteiger partial charge in [0.2, 0.25) is 0 Å². The van der Waals surface area contributed by atoms with Crippen LogP contribution in [0.15, 0.2) is 245 Å². The lowest BCUT2D eigenvalue weighted by atomic mass is 9.95. The fourth-order valence-corrected chi connectivity index (χ4v) is 14.6. The lowest BCUT2D eigenvalue weighted by molar-refractivity contribution is 0.668. The van der Waals surface area contributed by atoms with Gasteiger partial charge in [0.25, 0.3) is 0 Å². The van der Waals surface area contributed by atoms with Gasteiger partial charge in [-0.3, -0.25) is 0 Å². The Morgan fingerprint density at radius 3 is 1.31 bits per heavy atom. The topological polar surface area (TPSA) is 29.5 Å². The second-order valence-corrected chi connectivity index (χ2v) is 19.8. The van der Waals surface area contributed by atoms with E-state index in [1.807, 2.05) is 24.3 Å². The van der Waals surface area contributed by atoms with E-state index >= 15 is 0 Å². The fraction of sp³-hybridized carbons (Fsp3) is 0. The first-order chi connectivity index (χ1) is 30.7. The maximum atomic E-state index is 6.52. The third kappa shape index (κ3) is 5.72. The van der Waals surface area contributed by atoms with E-state index in [-0.39, 0.29) is 0 Å². The maximum Gasteiger partial charge on any atom is 0.179 e. The number of hydrogen-bond donors (Lipinski definition) is 0. The number of furan rings is 2. The van der Waals surface area contributed by atoms with E-state index in [1.54, 1.807) is 0 Å². The molecule has 4 heteroatoms. The molecule has 0 saturated carbocycles. The Kier molecular flexibility index (Phi) is 8.51. The number of fused-ring (bicyclic) bond motifs is 7. The molecule has 0 aliphatic rings. The highest BCUT2D eigenvalue weighted by Gasteiger charge is 2.41. The largest absolute Gasteiger partial charge is 0.456 e. The molecular formula is C58H39NO2Si. The quantitative estimate of drug-likeness (QED) is 0.113. The average molecular weight is 810 g/mol. The molecule has 0 aliphatic heterocycles. The molecule has 0 amide bonds. The van der Waals surface area contributed by atoms with Crippen molar-refractivity contribution in [3.05, 3.63) is 237 Å². The summed E-state index contributed by atoms with van der Waals surface area (Å²) in [7, 11) is -2.73. The van der Waals surface area contributed by atoms with Gasteiger partial charge in [0.1, 0.15) is 22.3 Å². The number of hydrogen-bond acceptors (Lipinski definition) is 3. The highest BCUT2D eigenvalue weighted by molar-refractivity contribution is 7.19. The molecule has 0 N–H and O–H groups in total. The number of anilines is 3. The molecule has 12 rings (SSSR count). The minimum Gasteiger partial charge on any atom is -0.456 e. The number of para-hydroxylation sites is 2. The van der Waals surface area contributed by atoms with E-state index in [9.17, 15) is 0 Å². The summed E-state index contributed by atoms with van der Waals surface area (Å²) in [6.07, 6.45) is 0. The van der Waals surface area contributed by atoms with E-state index in [2.05, 4.69) is 217 Å². The molecule has 0 saturated heterocycles. The second-order valence-electron chi connectivity index (χ2n) is 16.0. The van der Waals surface area contributed by atoms with Crippen LogP contribution in [-0.4, -0.2) is 8.07 Å². The molecule has 12 aromatic rings. The van der Waals surface area contributed by atoms with Crippen LogP contribution in [0.4, 0.5) is 17.1 Å². The zero-order valence-corrected chi connectivity index (χ0v) is 34.8. The van der Waals surface area contributed by atoms with Crippen molar-refractivity contribution in [1.29, 1.82) is 0 Å². The van der Waals surface area contributed by atoms with Crippen LogP contribution >= 0.6 is 0 Å². The van der Waals surface area contributed by atoms with Crippen LogP contribution in [0.1, 0.15) is 0 Å². The number of rotatable bonds is 8. The molecule has 0 spiro atoms. The van der Waals surface area contributed by atoms with Crippen LogP contribution in [0, 0.1) is 0 Å². The van der Waals surface area contributed by atoms with Crippen LogP contribution in [0.5, 0.6) is 0 Å². The molecule has 0 unspecified atom stereocenters. The standard InChI is InChI=1S/C58H39NO2Si/c1-4-16-43(17-5-1)62(44-18-6-2-7-19-44,45-20-8-3-9-21-45)46-32-29-41(30-33-46)59(42-31-35-53-51-25-13-15-27-56(51)61-58(53)39-42)54-37-36-47(48-22-10-11-23-49(48)54)40-28-34-52-50-24-12-14-26-55(50)60-57(52)38-40/h1-39H. The zero-order chi connectivity index (χ0) is 41.0. The van der Waals surface area contributed by atoms with Crippen molar-refractivity contribution in [1.82, 2.24) is 0 Å². The summed E-state index contributed by atoms with van der Waals surface area (Å²) in [5, 5.41) is 12.1. The molecule has 0 atom stereocenters. The van der Waals surface area contributed by atoms with E-state index < -0.39 is 8.07 Å². The first-order valence-corrected chi connectivity index (χ1v) is 23.2. The Hall–Kier alpha value is -7.92. The third-order valence-electron chi connectivity index (χ3n) is 12.6. The molecule has 0 fully saturated rings. The molecule has 3 nitrogen and oxygen atoms in total. The lowest BCUT2D eigenvalue weighted by Gasteiger charge is -2.35. The Labute approximate surface area is 360 Å². The lowest BCUT2D eigenvalue weighted by Crippen LogP contribution is -2.74. The second kappa shape index (κ2) is 14.7. The predicted molar refractivity (Wildman–Crippen MR) is 262 cm³/mol. The molecule has 10 aromatic carbocycles. The third-order valence-corrected chi connectivity index (χ3v) is 17.4. The summed E-state index contributed by atoms with van der Waals surface area (Å²) >= 11 is 0. The molecule has 0 bridgehead atoms. The Bertz CT molecular complexity index is 3480. The van der Waals surface area contributed by atoms with Gasteiger partial charge >= 0.3 is 0 Å². The number of benzene rings is 10. The summed E-state index contributed by atoms with van der Waals surface area (Å²) < 4.78 is 12.9. The SMILES string of the molecule is c1ccc([Si](c2ccccc2)(c2ccccc2)c2ccc(N(c3ccc4c(c3)oc3ccccc34)c3ccc(-c4ccc5c(c4)oc4ccccc45)c4ccccc34)cc2)cc1. The van der Waals surface area contributed by atoms with Gasteiger partial charge < -0.3 is 13.7 Å². The van der Waals surface area contributed by atoms with Crippen LogP contribution in [-0.2, 0) is 0 Å². The summed E-state index contributed by atoms with van der Waals surface area (Å²) in [5.74, 6) is 0. The molecule has 0 radical (unpaired) electrons. The van der Waals surface area contributed by atoms with Crippen LogP contribution in [0.25, 0.3) is 65.8 Å². The van der Waals surface area contributed by atoms with E-state index in [0.29, 0.717) is 0 Å². The average Bonchev–Trinajstić information content (AvgIpc) is 3.91. The maximum absolute atomic E-state index is 6.52. The monoisotopic (exact) mass is 809 g/mol. The fourth-order valence-electron chi connectivity index (χ4n) is 9.83. The molecule has 62 heavy (non-hydrogen) atoms. The van der Waals surface area contributed by atoms with Crippen molar-refractivity contribution in [3.8, 4) is 11.1 Å².